The molecular formula is C18H17N3O4. The summed E-state index contributed by atoms with van der Waals surface area (Å²) in [6.07, 6.45) is -0.764. The third-order valence-electron chi connectivity index (χ3n) is 3.43. The van der Waals surface area contributed by atoms with E-state index in [1.165, 1.54) is 0 Å². The average Bonchev–Trinajstić information content (AvgIpc) is 3.01. The molecule has 0 unspecified atom stereocenters. The highest BCUT2D eigenvalue weighted by atomic mass is 16.6. The van der Waals surface area contributed by atoms with Gasteiger partial charge in [0.25, 0.3) is 0 Å². The first kappa shape index (κ1) is 16.4. The smallest absolute Gasteiger partial charge is 0.426 e. The van der Waals surface area contributed by atoms with Crippen molar-refractivity contribution in [2.45, 2.75) is 13.5 Å². The topological polar surface area (TPSA) is 92.6 Å². The van der Waals surface area contributed by atoms with Crippen LogP contribution in [0, 0.1) is 6.92 Å². The average molecular weight is 339 g/mol. The minimum atomic E-state index is -0.764. The zero-order valence-electron chi connectivity index (χ0n) is 13.5. The molecule has 7 nitrogen and oxygen atoms in total. The van der Waals surface area contributed by atoms with Crippen LogP contribution in [0.3, 0.4) is 0 Å². The molecule has 0 radical (unpaired) electrons. The summed E-state index contributed by atoms with van der Waals surface area (Å²) >= 11 is 0. The predicted molar refractivity (Wildman–Crippen MR) is 92.9 cm³/mol. The number of hydrogen-bond acceptors (Lipinski definition) is 4. The second-order valence-electron chi connectivity index (χ2n) is 5.41. The fourth-order valence-electron chi connectivity index (χ4n) is 2.16. The molecule has 1 aromatic heterocycles. The van der Waals surface area contributed by atoms with Crippen LogP contribution >= 0.6 is 0 Å². The highest BCUT2D eigenvalue weighted by Gasteiger charge is 2.09. The molecule has 3 aromatic rings. The lowest BCUT2D eigenvalue weighted by atomic mass is 10.2. The number of fused-ring (bicyclic) bond motifs is 1. The van der Waals surface area contributed by atoms with Crippen LogP contribution in [0.1, 0.15) is 11.1 Å². The van der Waals surface area contributed by atoms with Gasteiger partial charge in [-0.15, -0.1) is 0 Å². The summed E-state index contributed by atoms with van der Waals surface area (Å²) in [7, 11) is 0. The normalized spacial score (nSPS) is 10.3. The Morgan fingerprint density at radius 3 is 2.56 bits per heavy atom. The number of furan rings is 1. The number of anilines is 1. The molecule has 0 aliphatic carbocycles. The SMILES string of the molecule is Cc1ccc(COC(=O)NNC(=O)Nc2cc3ccccc3o2)cc1. The highest BCUT2D eigenvalue weighted by Crippen LogP contribution is 2.22. The summed E-state index contributed by atoms with van der Waals surface area (Å²) in [5, 5.41) is 3.34. The Labute approximate surface area is 143 Å². The van der Waals surface area contributed by atoms with E-state index in [-0.39, 0.29) is 12.5 Å². The van der Waals surface area contributed by atoms with Crippen molar-refractivity contribution < 1.29 is 18.7 Å². The number of para-hydroxylation sites is 1. The van der Waals surface area contributed by atoms with Gasteiger partial charge in [0.1, 0.15) is 12.2 Å². The Morgan fingerprint density at radius 2 is 1.80 bits per heavy atom. The van der Waals surface area contributed by atoms with E-state index in [0.717, 1.165) is 16.5 Å². The molecule has 3 N–H and O–H groups in total. The van der Waals surface area contributed by atoms with Crippen LogP contribution in [-0.4, -0.2) is 12.1 Å². The lowest BCUT2D eigenvalue weighted by Crippen LogP contribution is -2.44. The first-order chi connectivity index (χ1) is 12.1. The van der Waals surface area contributed by atoms with Crippen molar-refractivity contribution in [1.29, 1.82) is 0 Å². The largest absolute Gasteiger partial charge is 0.443 e. The lowest BCUT2D eigenvalue weighted by molar-refractivity contribution is 0.135. The number of amides is 3. The number of urea groups is 1. The molecule has 3 rings (SSSR count). The Bertz CT molecular complexity index is 854. The molecule has 0 fully saturated rings. The maximum Gasteiger partial charge on any atom is 0.426 e. The molecule has 0 spiro atoms. The van der Waals surface area contributed by atoms with Gasteiger partial charge in [-0.05, 0) is 18.6 Å². The summed E-state index contributed by atoms with van der Waals surface area (Å²) in [5.74, 6) is 0.272. The van der Waals surface area contributed by atoms with E-state index in [4.69, 9.17) is 9.15 Å². The molecule has 128 valence electrons. The monoisotopic (exact) mass is 339 g/mol. The predicted octanol–water partition coefficient (Wildman–Crippen LogP) is 3.70. The number of hydrazine groups is 1. The van der Waals surface area contributed by atoms with Crippen LogP contribution in [-0.2, 0) is 11.3 Å². The van der Waals surface area contributed by atoms with Gasteiger partial charge in [0.15, 0.2) is 0 Å². The van der Waals surface area contributed by atoms with Gasteiger partial charge in [-0.3, -0.25) is 5.32 Å². The van der Waals surface area contributed by atoms with Gasteiger partial charge in [-0.2, -0.15) is 0 Å². The number of carbonyl (C=O) groups excluding carboxylic acids is 2. The molecule has 0 aliphatic heterocycles. The van der Waals surface area contributed by atoms with Gasteiger partial charge < -0.3 is 9.15 Å². The van der Waals surface area contributed by atoms with Crippen molar-refractivity contribution in [2.75, 3.05) is 5.32 Å². The number of carbonyl (C=O) groups is 2. The number of benzene rings is 2. The Hall–Kier alpha value is -3.48. The van der Waals surface area contributed by atoms with Crippen molar-refractivity contribution in [3.8, 4) is 0 Å². The van der Waals surface area contributed by atoms with Crippen LogP contribution in [0.2, 0.25) is 0 Å². The second kappa shape index (κ2) is 7.39. The zero-order valence-corrected chi connectivity index (χ0v) is 13.5. The molecule has 0 saturated heterocycles. The summed E-state index contributed by atoms with van der Waals surface area (Å²) in [5.41, 5.74) is 6.97. The van der Waals surface area contributed by atoms with Crippen molar-refractivity contribution in [2.24, 2.45) is 0 Å². The van der Waals surface area contributed by atoms with Gasteiger partial charge in [0, 0.05) is 11.5 Å². The first-order valence-electron chi connectivity index (χ1n) is 7.64. The van der Waals surface area contributed by atoms with Crippen LogP contribution < -0.4 is 16.2 Å². The maximum atomic E-state index is 11.8. The minimum absolute atomic E-state index is 0.110. The van der Waals surface area contributed by atoms with Gasteiger partial charge in [-0.1, -0.05) is 48.0 Å². The fourth-order valence-corrected chi connectivity index (χ4v) is 2.16. The van der Waals surface area contributed by atoms with Crippen LogP contribution in [0.4, 0.5) is 15.5 Å². The Balaban J connectivity index is 1.43. The Morgan fingerprint density at radius 1 is 1.04 bits per heavy atom. The maximum absolute atomic E-state index is 11.8. The zero-order chi connectivity index (χ0) is 17.6. The number of ether oxygens (including phenoxy) is 1. The molecule has 0 bridgehead atoms. The van der Waals surface area contributed by atoms with E-state index >= 15 is 0 Å². The highest BCUT2D eigenvalue weighted by molar-refractivity contribution is 5.91. The third kappa shape index (κ3) is 4.51. The van der Waals surface area contributed by atoms with Crippen LogP contribution in [0.5, 0.6) is 0 Å². The summed E-state index contributed by atoms with van der Waals surface area (Å²) in [6.45, 7) is 2.08. The first-order valence-corrected chi connectivity index (χ1v) is 7.64. The minimum Gasteiger partial charge on any atom is -0.443 e. The molecule has 0 aliphatic rings. The molecule has 7 heteroatoms. The van der Waals surface area contributed by atoms with E-state index in [2.05, 4.69) is 16.2 Å². The van der Waals surface area contributed by atoms with Crippen molar-refractivity contribution >= 4 is 29.0 Å². The molecule has 25 heavy (non-hydrogen) atoms. The van der Waals surface area contributed by atoms with Crippen molar-refractivity contribution in [1.82, 2.24) is 10.9 Å². The van der Waals surface area contributed by atoms with Gasteiger partial charge in [-0.25, -0.2) is 20.4 Å². The van der Waals surface area contributed by atoms with E-state index in [9.17, 15) is 9.59 Å². The van der Waals surface area contributed by atoms with E-state index in [1.54, 1.807) is 12.1 Å². The van der Waals surface area contributed by atoms with E-state index in [0.29, 0.717) is 5.58 Å². The molecule has 0 saturated carbocycles. The standard InChI is InChI=1S/C18H17N3O4/c1-12-6-8-13(9-7-12)11-24-18(23)21-20-17(22)19-16-10-14-4-2-3-5-15(14)25-16/h2-10H,11H2,1H3,(H,21,23)(H2,19,20,22). The fraction of sp³-hybridized carbons (Fsp3) is 0.111. The third-order valence-corrected chi connectivity index (χ3v) is 3.43. The van der Waals surface area contributed by atoms with Gasteiger partial charge >= 0.3 is 12.1 Å². The second-order valence-corrected chi connectivity index (χ2v) is 5.41. The van der Waals surface area contributed by atoms with Gasteiger partial charge in [0.2, 0.25) is 5.88 Å². The van der Waals surface area contributed by atoms with Crippen LogP contribution in [0.25, 0.3) is 11.0 Å². The number of rotatable bonds is 3. The summed E-state index contributed by atoms with van der Waals surface area (Å²) < 4.78 is 10.4. The van der Waals surface area contributed by atoms with Crippen LogP contribution in [0.15, 0.2) is 59.0 Å². The van der Waals surface area contributed by atoms with Crippen molar-refractivity contribution in [3.05, 3.63) is 65.7 Å². The summed E-state index contributed by atoms with van der Waals surface area (Å²) in [6, 6.07) is 16.0. The number of hydrogen-bond donors (Lipinski definition) is 3. The van der Waals surface area contributed by atoms with E-state index < -0.39 is 12.1 Å². The quantitative estimate of drug-likeness (QED) is 0.634. The number of aryl methyl sites for hydroxylation is 1. The molecule has 1 heterocycles. The van der Waals surface area contributed by atoms with E-state index in [1.807, 2.05) is 49.4 Å². The number of nitrogens with one attached hydrogen (secondary N) is 3. The molecule has 0 atom stereocenters. The lowest BCUT2D eigenvalue weighted by Gasteiger charge is -2.08. The molecule has 2 aromatic carbocycles. The molecule has 3 amide bonds. The Kier molecular flexibility index (Phi) is 4.84. The van der Waals surface area contributed by atoms with Gasteiger partial charge in [0.05, 0.1) is 0 Å². The molecular weight excluding hydrogens is 322 g/mol. The van der Waals surface area contributed by atoms with Crippen molar-refractivity contribution in [3.63, 3.8) is 0 Å². The summed E-state index contributed by atoms with van der Waals surface area (Å²) in [4.78, 5) is 23.3.